The fourth-order valence-corrected chi connectivity index (χ4v) is 5.01. The maximum Gasteiger partial charge on any atom is 0.335 e. The van der Waals surface area contributed by atoms with Crippen LogP contribution in [0.4, 0.5) is 5.82 Å². The van der Waals surface area contributed by atoms with Crippen LogP contribution in [0.5, 0.6) is 0 Å². The minimum atomic E-state index is -0.349. The summed E-state index contributed by atoms with van der Waals surface area (Å²) in [5.74, 6) is 0.893. The standard InChI is InChI=1S/C31H25ClN6O2/c1-3-36-26-29(38(31(36)40)24-7-5-4-6-8-24)35-28(37(30(26)39)25-15-13-23(32)14-16-25)21-11-9-20(10-12-21)22-17-19(2)27(33)34-18-22/h4-18H,3H2,1-2H3,(H2,33,34). The van der Waals surface area contributed by atoms with Crippen LogP contribution in [-0.2, 0) is 6.54 Å². The van der Waals surface area contributed by atoms with Gasteiger partial charge in [-0.3, -0.25) is 13.9 Å². The Morgan fingerprint density at radius 1 is 0.825 bits per heavy atom. The normalized spacial score (nSPS) is 11.3. The molecular formula is C31H25ClN6O2. The highest BCUT2D eigenvalue weighted by atomic mass is 35.5. The van der Waals surface area contributed by atoms with Crippen LogP contribution in [-0.4, -0.2) is 23.7 Å². The summed E-state index contributed by atoms with van der Waals surface area (Å²) >= 11 is 6.16. The Morgan fingerprint density at radius 2 is 1.48 bits per heavy atom. The lowest BCUT2D eigenvalue weighted by Crippen LogP contribution is -2.26. The first-order chi connectivity index (χ1) is 19.4. The van der Waals surface area contributed by atoms with Crippen molar-refractivity contribution in [1.82, 2.24) is 23.7 Å². The molecular weight excluding hydrogens is 524 g/mol. The van der Waals surface area contributed by atoms with Crippen LogP contribution in [0, 0.1) is 6.92 Å². The highest BCUT2D eigenvalue weighted by Crippen LogP contribution is 2.28. The zero-order valence-electron chi connectivity index (χ0n) is 21.9. The number of fused-ring (bicyclic) bond motifs is 1. The third-order valence-corrected chi connectivity index (χ3v) is 7.21. The van der Waals surface area contributed by atoms with E-state index < -0.39 is 0 Å². The molecule has 8 nitrogen and oxygen atoms in total. The number of anilines is 1. The molecule has 3 aromatic heterocycles. The van der Waals surface area contributed by atoms with Gasteiger partial charge in [0.15, 0.2) is 11.2 Å². The van der Waals surface area contributed by atoms with E-state index in [1.807, 2.05) is 74.5 Å². The first-order valence-electron chi connectivity index (χ1n) is 12.8. The van der Waals surface area contributed by atoms with Crippen LogP contribution in [0.1, 0.15) is 12.5 Å². The molecule has 0 aliphatic rings. The van der Waals surface area contributed by atoms with Gasteiger partial charge in [0.1, 0.15) is 11.6 Å². The number of halogens is 1. The number of rotatable bonds is 5. The molecule has 3 aromatic carbocycles. The number of para-hydroxylation sites is 1. The molecule has 0 bridgehead atoms. The van der Waals surface area contributed by atoms with E-state index in [4.69, 9.17) is 22.3 Å². The van der Waals surface area contributed by atoms with E-state index in [1.165, 1.54) is 13.7 Å². The van der Waals surface area contributed by atoms with E-state index in [-0.39, 0.29) is 16.8 Å². The van der Waals surface area contributed by atoms with Crippen molar-refractivity contribution in [3.63, 3.8) is 0 Å². The number of pyridine rings is 1. The van der Waals surface area contributed by atoms with Gasteiger partial charge in [-0.1, -0.05) is 54.1 Å². The van der Waals surface area contributed by atoms with Gasteiger partial charge < -0.3 is 5.73 Å². The summed E-state index contributed by atoms with van der Waals surface area (Å²) in [5, 5.41) is 0.546. The van der Waals surface area contributed by atoms with E-state index in [0.717, 1.165) is 16.7 Å². The number of nitrogens with two attached hydrogens (primary N) is 1. The third kappa shape index (κ3) is 4.19. The molecule has 9 heteroatoms. The molecule has 0 spiro atoms. The van der Waals surface area contributed by atoms with E-state index in [0.29, 0.717) is 45.8 Å². The van der Waals surface area contributed by atoms with Crippen LogP contribution in [0.3, 0.4) is 0 Å². The highest BCUT2D eigenvalue weighted by molar-refractivity contribution is 6.30. The second-order valence-electron chi connectivity index (χ2n) is 9.43. The summed E-state index contributed by atoms with van der Waals surface area (Å²) < 4.78 is 4.49. The monoisotopic (exact) mass is 548 g/mol. The molecule has 6 rings (SSSR count). The molecule has 0 aliphatic heterocycles. The number of hydrogen-bond acceptors (Lipinski definition) is 5. The Bertz CT molecular complexity index is 1990. The van der Waals surface area contributed by atoms with E-state index in [9.17, 15) is 9.59 Å². The van der Waals surface area contributed by atoms with Crippen molar-refractivity contribution >= 4 is 28.6 Å². The van der Waals surface area contributed by atoms with Crippen molar-refractivity contribution in [3.05, 3.63) is 123 Å². The summed E-state index contributed by atoms with van der Waals surface area (Å²) in [4.78, 5) is 37.1. The van der Waals surface area contributed by atoms with Gasteiger partial charge in [-0.15, -0.1) is 0 Å². The molecule has 198 valence electrons. The summed E-state index contributed by atoms with van der Waals surface area (Å²) in [7, 11) is 0. The predicted octanol–water partition coefficient (Wildman–Crippen LogP) is 5.63. The van der Waals surface area contributed by atoms with Crippen LogP contribution < -0.4 is 17.0 Å². The number of aromatic nitrogens is 5. The van der Waals surface area contributed by atoms with Gasteiger partial charge in [0.2, 0.25) is 0 Å². The van der Waals surface area contributed by atoms with Crippen LogP contribution in [0.25, 0.3) is 45.1 Å². The van der Waals surface area contributed by atoms with Gasteiger partial charge in [0, 0.05) is 28.9 Å². The maximum absolute atomic E-state index is 14.2. The molecule has 0 saturated carbocycles. The average molecular weight is 549 g/mol. The molecule has 0 aliphatic carbocycles. The fourth-order valence-electron chi connectivity index (χ4n) is 4.88. The molecule has 6 aromatic rings. The van der Waals surface area contributed by atoms with Crippen molar-refractivity contribution in [3.8, 4) is 33.9 Å². The van der Waals surface area contributed by atoms with Crippen LogP contribution in [0.2, 0.25) is 5.02 Å². The van der Waals surface area contributed by atoms with Gasteiger partial charge in [-0.05, 0) is 67.4 Å². The molecule has 0 saturated heterocycles. The SMILES string of the molecule is CCn1c(=O)n(-c2ccccc2)c2nc(-c3ccc(-c4cnc(N)c(C)c4)cc3)n(-c3ccc(Cl)cc3)c(=O)c21. The molecule has 0 fully saturated rings. The fraction of sp³-hybridized carbons (Fsp3) is 0.0968. The van der Waals surface area contributed by atoms with Crippen molar-refractivity contribution in [2.45, 2.75) is 20.4 Å². The van der Waals surface area contributed by atoms with Crippen LogP contribution >= 0.6 is 11.6 Å². The summed E-state index contributed by atoms with van der Waals surface area (Å²) in [6.45, 7) is 4.07. The smallest absolute Gasteiger partial charge is 0.335 e. The number of aryl methyl sites for hydroxylation is 2. The Balaban J connectivity index is 1.64. The average Bonchev–Trinajstić information content (AvgIpc) is 3.26. The van der Waals surface area contributed by atoms with E-state index in [1.54, 1.807) is 30.5 Å². The van der Waals surface area contributed by atoms with Crippen molar-refractivity contribution in [2.75, 3.05) is 5.73 Å². The number of nitrogens with zero attached hydrogens (tertiary/aromatic N) is 5. The topological polar surface area (TPSA) is 101 Å². The zero-order valence-corrected chi connectivity index (χ0v) is 22.6. The van der Waals surface area contributed by atoms with Gasteiger partial charge in [-0.2, -0.15) is 0 Å². The van der Waals surface area contributed by atoms with E-state index >= 15 is 0 Å². The lowest BCUT2D eigenvalue weighted by Gasteiger charge is -2.14. The Hall–Kier alpha value is -4.95. The lowest BCUT2D eigenvalue weighted by molar-refractivity contribution is 0.730. The zero-order chi connectivity index (χ0) is 28.0. The summed E-state index contributed by atoms with van der Waals surface area (Å²) in [6, 6.07) is 25.9. The molecule has 40 heavy (non-hydrogen) atoms. The van der Waals surface area contributed by atoms with Crippen molar-refractivity contribution < 1.29 is 0 Å². The Kier molecular flexibility index (Phi) is 6.32. The number of imidazole rings is 1. The second kappa shape index (κ2) is 9.98. The molecule has 2 N–H and O–H groups in total. The predicted molar refractivity (Wildman–Crippen MR) is 159 cm³/mol. The molecule has 0 radical (unpaired) electrons. The highest BCUT2D eigenvalue weighted by Gasteiger charge is 2.23. The Morgan fingerprint density at radius 3 is 2.12 bits per heavy atom. The quantitative estimate of drug-likeness (QED) is 0.301. The number of benzene rings is 3. The van der Waals surface area contributed by atoms with Crippen LogP contribution in [0.15, 0.2) is 101 Å². The maximum atomic E-state index is 14.2. The third-order valence-electron chi connectivity index (χ3n) is 6.96. The minimum Gasteiger partial charge on any atom is -0.383 e. The molecule has 0 unspecified atom stereocenters. The summed E-state index contributed by atoms with van der Waals surface area (Å²) in [6.07, 6.45) is 1.73. The Labute approximate surface area is 234 Å². The molecule has 0 atom stereocenters. The van der Waals surface area contributed by atoms with Crippen molar-refractivity contribution in [2.24, 2.45) is 0 Å². The van der Waals surface area contributed by atoms with Gasteiger partial charge in [0.25, 0.3) is 5.56 Å². The van der Waals surface area contributed by atoms with Crippen molar-refractivity contribution in [1.29, 1.82) is 0 Å². The molecule has 0 amide bonds. The number of nitrogen functional groups attached to an aromatic ring is 1. The minimum absolute atomic E-state index is 0.232. The second-order valence-corrected chi connectivity index (χ2v) is 9.86. The lowest BCUT2D eigenvalue weighted by atomic mass is 10.0. The number of hydrogen-bond donors (Lipinski definition) is 1. The van der Waals surface area contributed by atoms with Gasteiger partial charge in [0.05, 0.1) is 11.4 Å². The van der Waals surface area contributed by atoms with Gasteiger partial charge >= 0.3 is 5.69 Å². The first-order valence-corrected chi connectivity index (χ1v) is 13.2. The summed E-state index contributed by atoms with van der Waals surface area (Å²) in [5.41, 5.74) is 10.4. The van der Waals surface area contributed by atoms with Gasteiger partial charge in [-0.25, -0.2) is 19.3 Å². The molecule has 3 heterocycles. The van der Waals surface area contributed by atoms with E-state index in [2.05, 4.69) is 4.98 Å². The largest absolute Gasteiger partial charge is 0.383 e. The first kappa shape index (κ1) is 25.3.